The molecular formula is C23H23F2N5O6S. The molecule has 0 fully saturated rings. The molecule has 2 heterocycles. The van der Waals surface area contributed by atoms with Crippen molar-refractivity contribution in [1.29, 1.82) is 0 Å². The Balaban J connectivity index is 1.76. The van der Waals surface area contributed by atoms with Crippen LogP contribution in [0.1, 0.15) is 17.8 Å². The summed E-state index contributed by atoms with van der Waals surface area (Å²) in [6, 6.07) is 6.57. The molecule has 196 valence electrons. The molecule has 0 spiro atoms. The van der Waals surface area contributed by atoms with Gasteiger partial charge in [-0.15, -0.1) is 11.3 Å². The van der Waals surface area contributed by atoms with Crippen molar-refractivity contribution >= 4 is 45.1 Å². The zero-order valence-corrected chi connectivity index (χ0v) is 20.0. The van der Waals surface area contributed by atoms with Crippen molar-refractivity contribution in [1.82, 2.24) is 14.9 Å². The molecule has 0 aliphatic heterocycles. The van der Waals surface area contributed by atoms with Crippen LogP contribution in [0.2, 0.25) is 0 Å². The number of carbonyl (C=O) groups excluding carboxylic acids is 2. The van der Waals surface area contributed by atoms with E-state index in [1.165, 1.54) is 40.3 Å². The highest BCUT2D eigenvalue weighted by molar-refractivity contribution is 7.19. The molecule has 14 heteroatoms. The number of nitrogens with two attached hydrogens (primary N) is 1. The number of halogens is 2. The van der Waals surface area contributed by atoms with Crippen LogP contribution in [0.4, 0.5) is 19.3 Å². The Bertz CT molecular complexity index is 1370. The first-order chi connectivity index (χ1) is 17.6. The molecule has 3 aromatic rings. The molecule has 5 N–H and O–H groups in total. The molecule has 0 saturated heterocycles. The number of fused-ring (bicyclic) bond motifs is 1. The smallest absolute Gasteiger partial charge is 0.405 e. The van der Waals surface area contributed by atoms with Gasteiger partial charge in [-0.05, 0) is 43.2 Å². The number of hydrogen-bond donors (Lipinski definition) is 4. The fraction of sp³-hybridized carbons (Fsp3) is 0.261. The fourth-order valence-electron chi connectivity index (χ4n) is 3.31. The quantitative estimate of drug-likeness (QED) is 0.259. The maximum atomic E-state index is 13.0. The van der Waals surface area contributed by atoms with E-state index in [2.05, 4.69) is 15.6 Å². The average Bonchev–Trinajstić information content (AvgIpc) is 3.24. The monoisotopic (exact) mass is 535 g/mol. The first-order valence-corrected chi connectivity index (χ1v) is 11.7. The zero-order chi connectivity index (χ0) is 26.9. The van der Waals surface area contributed by atoms with E-state index in [0.717, 1.165) is 6.08 Å². The van der Waals surface area contributed by atoms with Crippen molar-refractivity contribution in [2.75, 3.05) is 11.9 Å². The molecule has 0 radical (unpaired) electrons. The number of aromatic nitrogens is 2. The molecule has 37 heavy (non-hydrogen) atoms. The molecule has 0 saturated carbocycles. The predicted octanol–water partition coefficient (Wildman–Crippen LogP) is 2.55. The Morgan fingerprint density at radius 3 is 2.73 bits per heavy atom. The normalized spacial score (nSPS) is 12.1. The van der Waals surface area contributed by atoms with Gasteiger partial charge >= 0.3 is 6.09 Å². The number of allylic oxidation sites excluding steroid dienone is 1. The molecular weight excluding hydrogens is 512 g/mol. The maximum absolute atomic E-state index is 13.0. The number of hydrogen-bond acceptors (Lipinski definition) is 7. The number of carboxylic acid groups (broad SMARTS) is 1. The van der Waals surface area contributed by atoms with Crippen molar-refractivity contribution in [2.45, 2.75) is 31.9 Å². The van der Waals surface area contributed by atoms with Crippen LogP contribution >= 0.6 is 11.3 Å². The fourth-order valence-corrected chi connectivity index (χ4v) is 4.34. The van der Waals surface area contributed by atoms with Crippen molar-refractivity contribution in [3.63, 3.8) is 0 Å². The van der Waals surface area contributed by atoms with Gasteiger partial charge in [-0.3, -0.25) is 14.4 Å². The second kappa shape index (κ2) is 12.6. The third-order valence-corrected chi connectivity index (χ3v) is 5.96. The van der Waals surface area contributed by atoms with Gasteiger partial charge in [-0.1, -0.05) is 12.1 Å². The standard InChI is InChI=1S/C23H23F2N5O6S/c24-17(25)12-36-16-8-3-6-13-20(16)37-19(27-13)11-30-10-4-7-15(22(30)33)28-21(32)14(29-23(34)35)5-1-2-9-18(26)31/h2-4,6-10,14,17,29H,1,5,11-12H2,(H2,26,31)(H,28,32)(H,34,35)/b9-2+. The first kappa shape index (κ1) is 27.3. The van der Waals surface area contributed by atoms with Gasteiger partial charge in [0.15, 0.2) is 0 Å². The highest BCUT2D eigenvalue weighted by Crippen LogP contribution is 2.31. The highest BCUT2D eigenvalue weighted by Gasteiger charge is 2.21. The number of benzene rings is 1. The summed E-state index contributed by atoms with van der Waals surface area (Å²) < 4.78 is 32.1. The lowest BCUT2D eigenvalue weighted by atomic mass is 10.1. The molecule has 0 bridgehead atoms. The van der Waals surface area contributed by atoms with Crippen LogP contribution in [-0.2, 0) is 16.1 Å². The first-order valence-electron chi connectivity index (χ1n) is 10.9. The van der Waals surface area contributed by atoms with Crippen LogP contribution in [0.15, 0.2) is 53.5 Å². The van der Waals surface area contributed by atoms with Crippen molar-refractivity contribution in [3.8, 4) is 5.75 Å². The van der Waals surface area contributed by atoms with Gasteiger partial charge in [0.25, 0.3) is 12.0 Å². The van der Waals surface area contributed by atoms with Crippen molar-refractivity contribution < 1.29 is 33.0 Å². The van der Waals surface area contributed by atoms with Crippen molar-refractivity contribution in [2.24, 2.45) is 5.73 Å². The van der Waals surface area contributed by atoms with E-state index in [1.54, 1.807) is 18.2 Å². The number of nitrogens with zero attached hydrogens (tertiary/aromatic N) is 2. The lowest BCUT2D eigenvalue weighted by molar-refractivity contribution is -0.118. The van der Waals surface area contributed by atoms with Crippen LogP contribution in [0.5, 0.6) is 5.75 Å². The Morgan fingerprint density at radius 1 is 1.24 bits per heavy atom. The van der Waals surface area contributed by atoms with E-state index in [1.807, 2.05) is 0 Å². The highest BCUT2D eigenvalue weighted by atomic mass is 32.1. The summed E-state index contributed by atoms with van der Waals surface area (Å²) in [6.45, 7) is -0.725. The Labute approximate surface area is 212 Å². The number of ether oxygens (including phenoxy) is 1. The number of anilines is 1. The molecule has 3 amide bonds. The third kappa shape index (κ3) is 7.83. The van der Waals surface area contributed by atoms with Crippen LogP contribution < -0.4 is 26.7 Å². The second-order valence-electron chi connectivity index (χ2n) is 7.64. The van der Waals surface area contributed by atoms with Gasteiger partial charge in [-0.2, -0.15) is 0 Å². The summed E-state index contributed by atoms with van der Waals surface area (Å²) in [5.41, 5.74) is 4.88. The Morgan fingerprint density at radius 2 is 2.03 bits per heavy atom. The summed E-state index contributed by atoms with van der Waals surface area (Å²) in [7, 11) is 0. The summed E-state index contributed by atoms with van der Waals surface area (Å²) in [4.78, 5) is 52.0. The molecule has 2 aromatic heterocycles. The topological polar surface area (TPSA) is 166 Å². The van der Waals surface area contributed by atoms with Gasteiger partial charge in [0.05, 0.1) is 16.8 Å². The SMILES string of the molecule is NC(=O)/C=C/CCC(NC(=O)O)C(=O)Nc1cccn(Cc2nc3cccc(OCC(F)F)c3s2)c1=O. The molecule has 11 nitrogen and oxygen atoms in total. The van der Waals surface area contributed by atoms with Gasteiger partial charge in [-0.25, -0.2) is 18.6 Å². The summed E-state index contributed by atoms with van der Waals surface area (Å²) in [5.74, 6) is -1.18. The number of rotatable bonds is 12. The minimum atomic E-state index is -2.63. The molecule has 0 aliphatic carbocycles. The summed E-state index contributed by atoms with van der Waals surface area (Å²) in [6.07, 6.45) is 0.129. The third-order valence-electron chi connectivity index (χ3n) is 4.89. The molecule has 1 atom stereocenters. The van der Waals surface area contributed by atoms with Gasteiger partial charge in [0.2, 0.25) is 11.8 Å². The van der Waals surface area contributed by atoms with E-state index in [0.29, 0.717) is 15.2 Å². The molecule has 0 aliphatic rings. The van der Waals surface area contributed by atoms with Crippen LogP contribution in [0.25, 0.3) is 10.2 Å². The van der Waals surface area contributed by atoms with Gasteiger partial charge < -0.3 is 30.8 Å². The van der Waals surface area contributed by atoms with E-state index in [-0.39, 0.29) is 30.8 Å². The van der Waals surface area contributed by atoms with E-state index in [4.69, 9.17) is 15.6 Å². The van der Waals surface area contributed by atoms with Crippen LogP contribution in [0.3, 0.4) is 0 Å². The number of amides is 3. The van der Waals surface area contributed by atoms with Crippen LogP contribution in [0, 0.1) is 0 Å². The minimum Gasteiger partial charge on any atom is -0.486 e. The summed E-state index contributed by atoms with van der Waals surface area (Å²) >= 11 is 1.18. The Hall–Kier alpha value is -4.33. The Kier molecular flexibility index (Phi) is 9.27. The predicted molar refractivity (Wildman–Crippen MR) is 132 cm³/mol. The van der Waals surface area contributed by atoms with E-state index in [9.17, 15) is 28.0 Å². The lowest BCUT2D eigenvalue weighted by Gasteiger charge is -2.16. The zero-order valence-electron chi connectivity index (χ0n) is 19.2. The van der Waals surface area contributed by atoms with Crippen molar-refractivity contribution in [3.05, 3.63) is 64.0 Å². The van der Waals surface area contributed by atoms with E-state index < -0.39 is 42.5 Å². The number of alkyl halides is 2. The number of nitrogens with one attached hydrogen (secondary N) is 2. The summed E-state index contributed by atoms with van der Waals surface area (Å²) in [5, 5.41) is 14.1. The second-order valence-corrected chi connectivity index (χ2v) is 8.73. The number of carbonyl (C=O) groups is 3. The average molecular weight is 536 g/mol. The largest absolute Gasteiger partial charge is 0.486 e. The molecule has 3 rings (SSSR count). The van der Waals surface area contributed by atoms with Gasteiger partial charge in [0.1, 0.15) is 29.1 Å². The van der Waals surface area contributed by atoms with Crippen LogP contribution in [-0.4, -0.2) is 51.6 Å². The number of pyridine rings is 1. The van der Waals surface area contributed by atoms with Gasteiger partial charge in [0, 0.05) is 6.20 Å². The number of primary amides is 1. The lowest BCUT2D eigenvalue weighted by Crippen LogP contribution is -2.44. The number of thiazole rings is 1. The molecule has 1 unspecified atom stereocenters. The minimum absolute atomic E-state index is 0.0185. The molecule has 1 aromatic carbocycles. The maximum Gasteiger partial charge on any atom is 0.405 e. The van der Waals surface area contributed by atoms with E-state index >= 15 is 0 Å².